The van der Waals surface area contributed by atoms with Crippen LogP contribution >= 0.6 is 0 Å². The number of hydrogen-bond donors (Lipinski definition) is 1. The lowest BCUT2D eigenvalue weighted by Crippen LogP contribution is -1.82. The summed E-state index contributed by atoms with van der Waals surface area (Å²) in [5, 5.41) is 1.24. The standard InChI is InChI=1S/C15H12N/c1-11-4-2-3-5-14(11)12-6-7-15-13(10-12)8-9-16-15/h2-10,16H,1H2. The van der Waals surface area contributed by atoms with Gasteiger partial charge in [0.25, 0.3) is 0 Å². The fraction of sp³-hybridized carbons (Fsp3) is 0. The third kappa shape index (κ3) is 1.41. The van der Waals surface area contributed by atoms with Gasteiger partial charge < -0.3 is 4.98 Å². The van der Waals surface area contributed by atoms with Crippen molar-refractivity contribution in [3.8, 4) is 11.1 Å². The molecule has 1 nitrogen and oxygen atoms in total. The van der Waals surface area contributed by atoms with Crippen molar-refractivity contribution in [3.05, 3.63) is 67.2 Å². The smallest absolute Gasteiger partial charge is 0.0454 e. The Morgan fingerprint density at radius 1 is 0.938 bits per heavy atom. The zero-order chi connectivity index (χ0) is 11.0. The molecule has 0 saturated carbocycles. The Morgan fingerprint density at radius 3 is 2.69 bits per heavy atom. The van der Waals surface area contributed by atoms with Gasteiger partial charge in [-0.25, -0.2) is 0 Å². The van der Waals surface area contributed by atoms with Crippen molar-refractivity contribution in [1.82, 2.24) is 4.98 Å². The van der Waals surface area contributed by atoms with Crippen molar-refractivity contribution in [1.29, 1.82) is 0 Å². The van der Waals surface area contributed by atoms with Crippen LogP contribution in [0, 0.1) is 6.92 Å². The molecule has 0 aliphatic heterocycles. The van der Waals surface area contributed by atoms with Gasteiger partial charge in [0.1, 0.15) is 0 Å². The van der Waals surface area contributed by atoms with Crippen molar-refractivity contribution in [2.45, 2.75) is 0 Å². The number of aromatic amines is 1. The van der Waals surface area contributed by atoms with Crippen LogP contribution in [0.2, 0.25) is 0 Å². The average molecular weight is 206 g/mol. The minimum atomic E-state index is 1.07. The first-order chi connectivity index (χ1) is 7.84. The van der Waals surface area contributed by atoms with Gasteiger partial charge in [-0.05, 0) is 47.2 Å². The van der Waals surface area contributed by atoms with Gasteiger partial charge in [-0.1, -0.05) is 30.3 Å². The van der Waals surface area contributed by atoms with Gasteiger partial charge in [-0.3, -0.25) is 0 Å². The third-order valence-corrected chi connectivity index (χ3v) is 2.88. The van der Waals surface area contributed by atoms with Gasteiger partial charge in [-0.15, -0.1) is 0 Å². The zero-order valence-electron chi connectivity index (χ0n) is 8.90. The SMILES string of the molecule is [CH2]c1ccccc1-c1ccc2[nH]ccc2c1. The summed E-state index contributed by atoms with van der Waals surface area (Å²) in [6.07, 6.45) is 1.96. The number of hydrogen-bond acceptors (Lipinski definition) is 0. The van der Waals surface area contributed by atoms with Crippen LogP contribution in [0.3, 0.4) is 0 Å². The molecule has 0 bridgehead atoms. The Kier molecular flexibility index (Phi) is 2.03. The van der Waals surface area contributed by atoms with E-state index in [0.717, 1.165) is 5.56 Å². The summed E-state index contributed by atoms with van der Waals surface area (Å²) in [5.74, 6) is 0. The lowest BCUT2D eigenvalue weighted by atomic mass is 10.00. The fourth-order valence-electron chi connectivity index (χ4n) is 2.02. The van der Waals surface area contributed by atoms with E-state index in [-0.39, 0.29) is 0 Å². The van der Waals surface area contributed by atoms with Gasteiger partial charge in [0, 0.05) is 11.7 Å². The van der Waals surface area contributed by atoms with Crippen molar-refractivity contribution >= 4 is 10.9 Å². The molecule has 0 aliphatic carbocycles. The highest BCUT2D eigenvalue weighted by Gasteiger charge is 2.02. The number of fused-ring (bicyclic) bond motifs is 1. The second-order valence-corrected chi connectivity index (χ2v) is 3.94. The van der Waals surface area contributed by atoms with Crippen molar-refractivity contribution in [3.63, 3.8) is 0 Å². The van der Waals surface area contributed by atoms with Crippen LogP contribution in [0.4, 0.5) is 0 Å². The van der Waals surface area contributed by atoms with E-state index in [4.69, 9.17) is 0 Å². The summed E-state index contributed by atoms with van der Waals surface area (Å²) >= 11 is 0. The van der Waals surface area contributed by atoms with Crippen LogP contribution in [0.1, 0.15) is 5.56 Å². The monoisotopic (exact) mass is 206 g/mol. The van der Waals surface area contributed by atoms with Gasteiger partial charge in [0.15, 0.2) is 0 Å². The van der Waals surface area contributed by atoms with E-state index >= 15 is 0 Å². The summed E-state index contributed by atoms with van der Waals surface area (Å²) in [4.78, 5) is 3.20. The first-order valence-electron chi connectivity index (χ1n) is 5.33. The van der Waals surface area contributed by atoms with Gasteiger partial charge >= 0.3 is 0 Å². The van der Waals surface area contributed by atoms with E-state index in [0.29, 0.717) is 0 Å². The topological polar surface area (TPSA) is 15.8 Å². The van der Waals surface area contributed by atoms with Gasteiger partial charge in [-0.2, -0.15) is 0 Å². The molecule has 3 aromatic rings. The van der Waals surface area contributed by atoms with Crippen LogP contribution in [-0.2, 0) is 0 Å². The highest BCUT2D eigenvalue weighted by Crippen LogP contribution is 2.26. The Hall–Kier alpha value is -2.02. The van der Waals surface area contributed by atoms with E-state index < -0.39 is 0 Å². The van der Waals surface area contributed by atoms with Gasteiger partial charge in [0.2, 0.25) is 0 Å². The van der Waals surface area contributed by atoms with E-state index in [1.807, 2.05) is 24.4 Å². The van der Waals surface area contributed by atoms with E-state index in [1.165, 1.54) is 22.0 Å². The molecule has 77 valence electrons. The van der Waals surface area contributed by atoms with Crippen LogP contribution in [0.15, 0.2) is 54.7 Å². The van der Waals surface area contributed by atoms with E-state index in [1.54, 1.807) is 0 Å². The molecule has 0 amide bonds. The molecule has 1 heteroatoms. The summed E-state index contributed by atoms with van der Waals surface area (Å²) in [6.45, 7) is 4.06. The normalized spacial score (nSPS) is 10.8. The van der Waals surface area contributed by atoms with E-state index in [9.17, 15) is 0 Å². The molecule has 1 aromatic heterocycles. The Bertz CT molecular complexity index is 634. The number of rotatable bonds is 1. The third-order valence-electron chi connectivity index (χ3n) is 2.88. The maximum atomic E-state index is 4.06. The van der Waals surface area contributed by atoms with E-state index in [2.05, 4.69) is 42.2 Å². The zero-order valence-corrected chi connectivity index (χ0v) is 8.90. The first kappa shape index (κ1) is 9.22. The minimum Gasteiger partial charge on any atom is -0.361 e. The molecule has 1 radical (unpaired) electrons. The lowest BCUT2D eigenvalue weighted by Gasteiger charge is -2.05. The second kappa shape index (κ2) is 3.53. The van der Waals surface area contributed by atoms with Crippen LogP contribution in [0.5, 0.6) is 0 Å². The van der Waals surface area contributed by atoms with Crippen molar-refractivity contribution in [2.75, 3.05) is 0 Å². The van der Waals surface area contributed by atoms with Crippen molar-refractivity contribution < 1.29 is 0 Å². The molecule has 1 heterocycles. The number of nitrogens with one attached hydrogen (secondary N) is 1. The summed E-state index contributed by atoms with van der Waals surface area (Å²) in [5.41, 5.74) is 4.66. The molecular weight excluding hydrogens is 194 g/mol. The average Bonchev–Trinajstić information content (AvgIpc) is 2.76. The lowest BCUT2D eigenvalue weighted by molar-refractivity contribution is 1.48. The molecular formula is C15H12N. The summed E-state index contributed by atoms with van der Waals surface area (Å²) in [6, 6.07) is 16.7. The maximum Gasteiger partial charge on any atom is 0.0454 e. The highest BCUT2D eigenvalue weighted by molar-refractivity contribution is 5.85. The number of aromatic nitrogens is 1. The van der Waals surface area contributed by atoms with Crippen LogP contribution in [0.25, 0.3) is 22.0 Å². The van der Waals surface area contributed by atoms with Crippen LogP contribution in [-0.4, -0.2) is 4.98 Å². The predicted molar refractivity (Wildman–Crippen MR) is 68.2 cm³/mol. The summed E-state index contributed by atoms with van der Waals surface area (Å²) in [7, 11) is 0. The van der Waals surface area contributed by atoms with Crippen molar-refractivity contribution in [2.24, 2.45) is 0 Å². The number of H-pyrrole nitrogens is 1. The molecule has 16 heavy (non-hydrogen) atoms. The Balaban J connectivity index is 2.22. The molecule has 0 fully saturated rings. The Morgan fingerprint density at radius 2 is 1.81 bits per heavy atom. The second-order valence-electron chi connectivity index (χ2n) is 3.94. The first-order valence-corrected chi connectivity index (χ1v) is 5.33. The predicted octanol–water partition coefficient (Wildman–Crippen LogP) is 4.02. The molecule has 0 spiro atoms. The van der Waals surface area contributed by atoms with Gasteiger partial charge in [0.05, 0.1) is 0 Å². The quantitative estimate of drug-likeness (QED) is 0.619. The maximum absolute atomic E-state index is 4.06. The largest absolute Gasteiger partial charge is 0.361 e. The fourth-order valence-corrected chi connectivity index (χ4v) is 2.02. The molecule has 0 unspecified atom stereocenters. The summed E-state index contributed by atoms with van der Waals surface area (Å²) < 4.78 is 0. The molecule has 1 N–H and O–H groups in total. The molecule has 3 rings (SSSR count). The molecule has 2 aromatic carbocycles. The number of benzene rings is 2. The molecule has 0 atom stereocenters. The highest BCUT2D eigenvalue weighted by atomic mass is 14.7. The molecule has 0 saturated heterocycles. The van der Waals surface area contributed by atoms with Crippen LogP contribution < -0.4 is 0 Å². The Labute approximate surface area is 94.7 Å². The molecule has 0 aliphatic rings. The minimum absolute atomic E-state index is 1.07.